The lowest BCUT2D eigenvalue weighted by Crippen LogP contribution is -2.35. The lowest BCUT2D eigenvalue weighted by atomic mass is 10.1. The van der Waals surface area contributed by atoms with Crippen LogP contribution in [0.1, 0.15) is 34.3 Å². The standard InChI is InChI=1S/C19H21FN2O.ClH/c1-13-5-6-16(21)12-18(13)19(23)22(17-7-8-17)10-9-14-3-2-4-15(20)11-14;/h2-6,11-12,17H,7-10,21H2,1H3;1H. The molecule has 0 radical (unpaired) electrons. The summed E-state index contributed by atoms with van der Waals surface area (Å²) in [6, 6.07) is 12.3. The average molecular weight is 349 g/mol. The van der Waals surface area contributed by atoms with E-state index in [0.717, 1.165) is 24.0 Å². The zero-order valence-corrected chi connectivity index (χ0v) is 14.5. The van der Waals surface area contributed by atoms with Gasteiger partial charge < -0.3 is 10.6 Å². The molecule has 0 saturated heterocycles. The minimum Gasteiger partial charge on any atom is -0.399 e. The minimum atomic E-state index is -0.238. The van der Waals surface area contributed by atoms with E-state index in [2.05, 4.69) is 0 Å². The van der Waals surface area contributed by atoms with Gasteiger partial charge in [0.25, 0.3) is 5.91 Å². The molecule has 2 aromatic rings. The molecule has 1 amide bonds. The summed E-state index contributed by atoms with van der Waals surface area (Å²) in [5, 5.41) is 0. The summed E-state index contributed by atoms with van der Waals surface area (Å²) in [7, 11) is 0. The smallest absolute Gasteiger partial charge is 0.254 e. The number of aryl methyl sites for hydroxylation is 1. The van der Waals surface area contributed by atoms with Crippen molar-refractivity contribution in [2.24, 2.45) is 0 Å². The fourth-order valence-corrected chi connectivity index (χ4v) is 2.80. The highest BCUT2D eigenvalue weighted by atomic mass is 35.5. The first-order valence-electron chi connectivity index (χ1n) is 7.96. The van der Waals surface area contributed by atoms with Gasteiger partial charge >= 0.3 is 0 Å². The first-order valence-corrected chi connectivity index (χ1v) is 7.96. The maximum absolute atomic E-state index is 13.3. The Morgan fingerprint density at radius 3 is 2.67 bits per heavy atom. The Morgan fingerprint density at radius 1 is 1.25 bits per heavy atom. The third kappa shape index (κ3) is 4.26. The molecule has 0 spiro atoms. The Morgan fingerprint density at radius 2 is 2.00 bits per heavy atom. The maximum atomic E-state index is 13.3. The number of halogens is 2. The predicted octanol–water partition coefficient (Wildman–Crippen LogP) is 3.99. The molecule has 1 fully saturated rings. The van der Waals surface area contributed by atoms with Gasteiger partial charge in [0, 0.05) is 23.8 Å². The highest BCUT2D eigenvalue weighted by Crippen LogP contribution is 2.29. The number of anilines is 1. The molecule has 2 N–H and O–H groups in total. The second-order valence-electron chi connectivity index (χ2n) is 6.18. The minimum absolute atomic E-state index is 0. The van der Waals surface area contributed by atoms with E-state index in [1.54, 1.807) is 18.2 Å². The molecule has 0 aliphatic heterocycles. The summed E-state index contributed by atoms with van der Waals surface area (Å²) in [4.78, 5) is 14.8. The van der Waals surface area contributed by atoms with Crippen LogP contribution in [0.25, 0.3) is 0 Å². The van der Waals surface area contributed by atoms with Gasteiger partial charge in [-0.05, 0) is 61.6 Å². The van der Waals surface area contributed by atoms with Crippen LogP contribution < -0.4 is 5.73 Å². The Bertz CT molecular complexity index is 731. The quantitative estimate of drug-likeness (QED) is 0.830. The van der Waals surface area contributed by atoms with Crippen molar-refractivity contribution < 1.29 is 9.18 Å². The van der Waals surface area contributed by atoms with Crippen LogP contribution in [0.5, 0.6) is 0 Å². The van der Waals surface area contributed by atoms with Gasteiger partial charge in [-0.2, -0.15) is 0 Å². The molecule has 3 rings (SSSR count). The third-order valence-corrected chi connectivity index (χ3v) is 4.27. The van der Waals surface area contributed by atoms with E-state index in [4.69, 9.17) is 5.73 Å². The number of benzene rings is 2. The predicted molar refractivity (Wildman–Crippen MR) is 97.0 cm³/mol. The van der Waals surface area contributed by atoms with Crippen LogP contribution in [-0.2, 0) is 6.42 Å². The van der Waals surface area contributed by atoms with E-state index in [0.29, 0.717) is 30.3 Å². The van der Waals surface area contributed by atoms with Crippen LogP contribution in [0.3, 0.4) is 0 Å². The van der Waals surface area contributed by atoms with Gasteiger partial charge in [-0.1, -0.05) is 18.2 Å². The summed E-state index contributed by atoms with van der Waals surface area (Å²) in [6.07, 6.45) is 2.73. The van der Waals surface area contributed by atoms with Crippen molar-refractivity contribution in [3.63, 3.8) is 0 Å². The van der Waals surface area contributed by atoms with Crippen molar-refractivity contribution in [3.8, 4) is 0 Å². The van der Waals surface area contributed by atoms with Crippen LogP contribution in [0.15, 0.2) is 42.5 Å². The SMILES string of the molecule is Cc1ccc(N)cc1C(=O)N(CCc1cccc(F)c1)C1CC1.Cl. The molecule has 2 aromatic carbocycles. The topological polar surface area (TPSA) is 46.3 Å². The number of carbonyl (C=O) groups is 1. The van der Waals surface area contributed by atoms with E-state index in [1.165, 1.54) is 12.1 Å². The van der Waals surface area contributed by atoms with E-state index in [1.807, 2.05) is 24.0 Å². The molecule has 0 aromatic heterocycles. The van der Waals surface area contributed by atoms with Crippen molar-refractivity contribution in [1.82, 2.24) is 4.90 Å². The summed E-state index contributed by atoms with van der Waals surface area (Å²) >= 11 is 0. The highest BCUT2D eigenvalue weighted by Gasteiger charge is 2.33. The summed E-state index contributed by atoms with van der Waals surface area (Å²) in [5.41, 5.74) is 8.93. The van der Waals surface area contributed by atoms with Gasteiger partial charge in [0.2, 0.25) is 0 Å². The lowest BCUT2D eigenvalue weighted by molar-refractivity contribution is 0.0744. The van der Waals surface area contributed by atoms with E-state index in [9.17, 15) is 9.18 Å². The lowest BCUT2D eigenvalue weighted by Gasteiger charge is -2.23. The molecule has 0 atom stereocenters. The molecule has 24 heavy (non-hydrogen) atoms. The Hall–Kier alpha value is -2.07. The van der Waals surface area contributed by atoms with Crippen molar-refractivity contribution >= 4 is 24.0 Å². The van der Waals surface area contributed by atoms with E-state index < -0.39 is 0 Å². The maximum Gasteiger partial charge on any atom is 0.254 e. The fraction of sp³-hybridized carbons (Fsp3) is 0.316. The van der Waals surface area contributed by atoms with Crippen molar-refractivity contribution in [1.29, 1.82) is 0 Å². The third-order valence-electron chi connectivity index (χ3n) is 4.27. The molecule has 0 bridgehead atoms. The molecule has 1 aliphatic carbocycles. The molecule has 0 heterocycles. The number of hydrogen-bond donors (Lipinski definition) is 1. The first-order chi connectivity index (χ1) is 11.0. The van der Waals surface area contributed by atoms with E-state index in [-0.39, 0.29) is 24.1 Å². The number of amides is 1. The summed E-state index contributed by atoms with van der Waals surface area (Å²) in [6.45, 7) is 2.52. The monoisotopic (exact) mass is 348 g/mol. The Labute approximate surface area is 148 Å². The molecule has 128 valence electrons. The molecule has 3 nitrogen and oxygen atoms in total. The summed E-state index contributed by atoms with van der Waals surface area (Å²) < 4.78 is 13.3. The fourth-order valence-electron chi connectivity index (χ4n) is 2.80. The summed E-state index contributed by atoms with van der Waals surface area (Å²) in [5.74, 6) is -0.216. The number of nitrogens with zero attached hydrogens (tertiary/aromatic N) is 1. The van der Waals surface area contributed by atoms with Gasteiger partial charge in [-0.3, -0.25) is 4.79 Å². The second kappa shape index (κ2) is 7.67. The van der Waals surface area contributed by atoms with Crippen LogP contribution in [0.2, 0.25) is 0 Å². The number of carbonyl (C=O) groups excluding carboxylic acids is 1. The first kappa shape index (κ1) is 18.3. The van der Waals surface area contributed by atoms with Crippen LogP contribution in [-0.4, -0.2) is 23.4 Å². The Balaban J connectivity index is 0.00000208. The van der Waals surface area contributed by atoms with Crippen LogP contribution in [0, 0.1) is 12.7 Å². The molecule has 1 saturated carbocycles. The molecular weight excluding hydrogens is 327 g/mol. The largest absolute Gasteiger partial charge is 0.399 e. The number of rotatable bonds is 5. The molecule has 1 aliphatic rings. The van der Waals surface area contributed by atoms with Gasteiger partial charge in [-0.15, -0.1) is 12.4 Å². The average Bonchev–Trinajstić information content (AvgIpc) is 3.34. The Kier molecular flexibility index (Phi) is 5.84. The van der Waals surface area contributed by atoms with Crippen molar-refractivity contribution in [2.75, 3.05) is 12.3 Å². The van der Waals surface area contributed by atoms with Gasteiger partial charge in [0.1, 0.15) is 5.82 Å². The van der Waals surface area contributed by atoms with Crippen LogP contribution >= 0.6 is 12.4 Å². The molecule has 5 heteroatoms. The molecule has 0 unspecified atom stereocenters. The number of nitrogen functional groups attached to an aromatic ring is 1. The number of nitrogens with two attached hydrogens (primary N) is 1. The van der Waals surface area contributed by atoms with Gasteiger partial charge in [0.15, 0.2) is 0 Å². The zero-order chi connectivity index (χ0) is 16.4. The van der Waals surface area contributed by atoms with E-state index >= 15 is 0 Å². The van der Waals surface area contributed by atoms with Gasteiger partial charge in [-0.25, -0.2) is 4.39 Å². The van der Waals surface area contributed by atoms with Gasteiger partial charge in [0.05, 0.1) is 0 Å². The normalized spacial score (nSPS) is 13.2. The van der Waals surface area contributed by atoms with Crippen LogP contribution in [0.4, 0.5) is 10.1 Å². The number of hydrogen-bond acceptors (Lipinski definition) is 2. The van der Waals surface area contributed by atoms with Crippen molar-refractivity contribution in [3.05, 3.63) is 65.0 Å². The highest BCUT2D eigenvalue weighted by molar-refractivity contribution is 5.96. The second-order valence-corrected chi connectivity index (χ2v) is 6.18. The zero-order valence-electron chi connectivity index (χ0n) is 13.7. The molecular formula is C19H22ClFN2O. The van der Waals surface area contributed by atoms with Crippen molar-refractivity contribution in [2.45, 2.75) is 32.2 Å².